The van der Waals surface area contributed by atoms with Gasteiger partial charge in [-0.1, -0.05) is 44.2 Å². The van der Waals surface area contributed by atoms with E-state index < -0.39 is 0 Å². The van der Waals surface area contributed by atoms with Crippen molar-refractivity contribution >= 4 is 29.9 Å². The van der Waals surface area contributed by atoms with Crippen LogP contribution in [0.5, 0.6) is 0 Å². The van der Waals surface area contributed by atoms with Crippen molar-refractivity contribution in [3.8, 4) is 0 Å². The first-order valence-corrected chi connectivity index (χ1v) is 12.1. The summed E-state index contributed by atoms with van der Waals surface area (Å²) in [5.74, 6) is 0.943. The molecule has 0 spiro atoms. The van der Waals surface area contributed by atoms with Gasteiger partial charge in [0.2, 0.25) is 0 Å². The zero-order valence-electron chi connectivity index (χ0n) is 20.8. The van der Waals surface area contributed by atoms with Crippen LogP contribution in [0.4, 0.5) is 0 Å². The van der Waals surface area contributed by atoms with E-state index in [0.717, 1.165) is 71.0 Å². The molecule has 3 N–H and O–H groups in total. The number of hydrogen-bond acceptors (Lipinski definition) is 4. The largest absolute Gasteiger partial charge is 0.383 e. The molecule has 6 nitrogen and oxygen atoms in total. The highest BCUT2D eigenvalue weighted by Gasteiger charge is 2.28. The minimum atomic E-state index is -0.0128. The van der Waals surface area contributed by atoms with Crippen LogP contribution in [0, 0.1) is 0 Å². The molecule has 184 valence electrons. The smallest absolute Gasteiger partial charge is 0.191 e. The maximum Gasteiger partial charge on any atom is 0.191 e. The lowest BCUT2D eigenvalue weighted by Gasteiger charge is -2.36. The monoisotopic (exact) mass is 559 g/mol. The van der Waals surface area contributed by atoms with Crippen molar-refractivity contribution in [2.24, 2.45) is 4.99 Å². The lowest BCUT2D eigenvalue weighted by atomic mass is 9.90. The molecule has 1 heterocycles. The molecule has 2 rings (SSSR count). The summed E-state index contributed by atoms with van der Waals surface area (Å²) in [5, 5.41) is 11.0. The van der Waals surface area contributed by atoms with Crippen molar-refractivity contribution < 1.29 is 4.74 Å². The second-order valence-electron chi connectivity index (χ2n) is 8.71. The third-order valence-corrected chi connectivity index (χ3v) is 6.60. The molecule has 1 aliphatic rings. The molecule has 7 heteroatoms. The van der Waals surface area contributed by atoms with Crippen molar-refractivity contribution in [2.45, 2.75) is 71.0 Å². The zero-order valence-corrected chi connectivity index (χ0v) is 23.2. The van der Waals surface area contributed by atoms with E-state index in [1.165, 1.54) is 5.56 Å². The van der Waals surface area contributed by atoms with Gasteiger partial charge in [0.05, 0.1) is 13.2 Å². The highest BCUT2D eigenvalue weighted by Crippen LogP contribution is 2.22. The molecule has 1 saturated heterocycles. The minimum Gasteiger partial charge on any atom is -0.383 e. The summed E-state index contributed by atoms with van der Waals surface area (Å²) in [7, 11) is 1.77. The number of hydrogen-bond donors (Lipinski definition) is 3. The van der Waals surface area contributed by atoms with Crippen LogP contribution < -0.4 is 16.0 Å². The summed E-state index contributed by atoms with van der Waals surface area (Å²) in [6.45, 7) is 14.6. The predicted molar refractivity (Wildman–Crippen MR) is 147 cm³/mol. The van der Waals surface area contributed by atoms with Gasteiger partial charge in [0.15, 0.2) is 5.96 Å². The highest BCUT2D eigenvalue weighted by atomic mass is 127. The second kappa shape index (κ2) is 15.9. The van der Waals surface area contributed by atoms with Gasteiger partial charge in [-0.15, -0.1) is 24.0 Å². The predicted octanol–water partition coefficient (Wildman–Crippen LogP) is 4.18. The summed E-state index contributed by atoms with van der Waals surface area (Å²) < 4.78 is 5.22. The quantitative estimate of drug-likeness (QED) is 0.204. The van der Waals surface area contributed by atoms with E-state index in [9.17, 15) is 0 Å². The van der Waals surface area contributed by atoms with E-state index in [2.05, 4.69) is 78.9 Å². The Balaban J connectivity index is 0.00000512. The molecule has 0 radical (unpaired) electrons. The standard InChI is InChI=1S/C25H45N5O.HI/c1-6-25(7-2,29-21(4)22-12-10-9-11-13-22)20-27-24(26-8-3)28-23-14-16-30(17-15-23)18-19-31-5;/h9-13,21,23,29H,6-8,14-20H2,1-5H3,(H2,26,27,28);1H. The number of nitrogens with one attached hydrogen (secondary N) is 3. The summed E-state index contributed by atoms with van der Waals surface area (Å²) >= 11 is 0. The average Bonchev–Trinajstić information content (AvgIpc) is 2.81. The van der Waals surface area contributed by atoms with Gasteiger partial charge in [-0.25, -0.2) is 0 Å². The van der Waals surface area contributed by atoms with Gasteiger partial charge in [0, 0.05) is 50.9 Å². The van der Waals surface area contributed by atoms with Gasteiger partial charge in [0.25, 0.3) is 0 Å². The van der Waals surface area contributed by atoms with Crippen LogP contribution in [-0.4, -0.2) is 68.9 Å². The number of piperidine rings is 1. The summed E-state index contributed by atoms with van der Waals surface area (Å²) in [6, 6.07) is 11.5. The van der Waals surface area contributed by atoms with Crippen LogP contribution in [0.3, 0.4) is 0 Å². The Morgan fingerprint density at radius 1 is 1.16 bits per heavy atom. The Morgan fingerprint density at radius 3 is 2.38 bits per heavy atom. The fraction of sp³-hybridized carbons (Fsp3) is 0.720. The van der Waals surface area contributed by atoms with E-state index in [4.69, 9.17) is 9.73 Å². The van der Waals surface area contributed by atoms with Crippen LogP contribution >= 0.6 is 24.0 Å². The minimum absolute atomic E-state index is 0. The van der Waals surface area contributed by atoms with E-state index in [0.29, 0.717) is 12.1 Å². The number of guanidine groups is 1. The normalized spacial score (nSPS) is 17.0. The first-order valence-electron chi connectivity index (χ1n) is 12.1. The Kier molecular flexibility index (Phi) is 14.4. The van der Waals surface area contributed by atoms with E-state index in [1.807, 2.05) is 0 Å². The second-order valence-corrected chi connectivity index (χ2v) is 8.71. The van der Waals surface area contributed by atoms with E-state index in [1.54, 1.807) is 7.11 Å². The number of halogens is 1. The number of rotatable bonds is 12. The van der Waals surface area contributed by atoms with Gasteiger partial charge in [-0.3, -0.25) is 4.99 Å². The third-order valence-electron chi connectivity index (χ3n) is 6.60. The zero-order chi connectivity index (χ0) is 22.5. The first-order chi connectivity index (χ1) is 15.1. The van der Waals surface area contributed by atoms with Crippen molar-refractivity contribution in [1.29, 1.82) is 0 Å². The van der Waals surface area contributed by atoms with Gasteiger partial charge >= 0.3 is 0 Å². The molecule has 1 atom stereocenters. The number of benzene rings is 1. The van der Waals surface area contributed by atoms with Gasteiger partial charge in [-0.05, 0) is 45.1 Å². The Morgan fingerprint density at radius 2 is 1.81 bits per heavy atom. The molecule has 1 aliphatic heterocycles. The molecule has 0 amide bonds. The van der Waals surface area contributed by atoms with Crippen LogP contribution in [0.2, 0.25) is 0 Å². The van der Waals surface area contributed by atoms with Gasteiger partial charge < -0.3 is 25.6 Å². The molecule has 0 aliphatic carbocycles. The number of methoxy groups -OCH3 is 1. The van der Waals surface area contributed by atoms with Crippen LogP contribution in [0.25, 0.3) is 0 Å². The SMILES string of the molecule is CCNC(=NCC(CC)(CC)NC(C)c1ccccc1)NC1CCN(CCOC)CC1.I. The molecule has 0 aromatic heterocycles. The van der Waals surface area contributed by atoms with Gasteiger partial charge in [-0.2, -0.15) is 0 Å². The van der Waals surface area contributed by atoms with E-state index >= 15 is 0 Å². The van der Waals surface area contributed by atoms with Crippen molar-refractivity contribution in [3.63, 3.8) is 0 Å². The molecule has 1 aromatic rings. The lowest BCUT2D eigenvalue weighted by Crippen LogP contribution is -2.51. The fourth-order valence-corrected chi connectivity index (χ4v) is 4.27. The van der Waals surface area contributed by atoms with Crippen LogP contribution in [0.15, 0.2) is 35.3 Å². The fourth-order valence-electron chi connectivity index (χ4n) is 4.27. The molecule has 0 bridgehead atoms. The number of likely N-dealkylation sites (tertiary alicyclic amines) is 1. The average molecular weight is 560 g/mol. The van der Waals surface area contributed by atoms with Crippen molar-refractivity contribution in [2.75, 3.05) is 46.4 Å². The molecule has 32 heavy (non-hydrogen) atoms. The molecular formula is C25H46IN5O. The van der Waals surface area contributed by atoms with Crippen molar-refractivity contribution in [3.05, 3.63) is 35.9 Å². The van der Waals surface area contributed by atoms with Crippen LogP contribution in [-0.2, 0) is 4.74 Å². The van der Waals surface area contributed by atoms with Crippen LogP contribution in [0.1, 0.15) is 65.0 Å². The molecular weight excluding hydrogens is 513 g/mol. The Bertz CT molecular complexity index is 630. The third kappa shape index (κ3) is 9.53. The Hall–Kier alpha value is -0.900. The number of ether oxygens (including phenoxy) is 1. The van der Waals surface area contributed by atoms with Gasteiger partial charge in [0.1, 0.15) is 0 Å². The molecule has 1 unspecified atom stereocenters. The Labute approximate surface area is 213 Å². The highest BCUT2D eigenvalue weighted by molar-refractivity contribution is 14.0. The molecule has 0 saturated carbocycles. The molecule has 1 aromatic carbocycles. The number of aliphatic imine (C=N–C) groups is 1. The topological polar surface area (TPSA) is 60.9 Å². The maximum atomic E-state index is 5.22. The summed E-state index contributed by atoms with van der Waals surface area (Å²) in [4.78, 5) is 7.52. The summed E-state index contributed by atoms with van der Waals surface area (Å²) in [5.41, 5.74) is 1.31. The van der Waals surface area contributed by atoms with Crippen molar-refractivity contribution in [1.82, 2.24) is 20.9 Å². The summed E-state index contributed by atoms with van der Waals surface area (Å²) in [6.07, 6.45) is 4.37. The first kappa shape index (κ1) is 29.1. The maximum absolute atomic E-state index is 5.22. The lowest BCUT2D eigenvalue weighted by molar-refractivity contribution is 0.128. The molecule has 1 fully saturated rings. The number of nitrogens with zero attached hydrogens (tertiary/aromatic N) is 2. The van der Waals surface area contributed by atoms with E-state index in [-0.39, 0.29) is 29.5 Å².